The maximum atomic E-state index is 12.6. The van der Waals surface area contributed by atoms with Crippen LogP contribution in [0.3, 0.4) is 0 Å². The number of carbonyl (C=O) groups is 1. The molecule has 0 aliphatic carbocycles. The quantitative estimate of drug-likeness (QED) is 0.865. The molecule has 0 spiro atoms. The molecule has 1 aliphatic rings. The zero-order chi connectivity index (χ0) is 18.9. The highest BCUT2D eigenvalue weighted by molar-refractivity contribution is 7.92. The van der Waals surface area contributed by atoms with Gasteiger partial charge in [0.15, 0.2) is 0 Å². The molecule has 0 bridgehead atoms. The predicted molar refractivity (Wildman–Crippen MR) is 104 cm³/mol. The lowest BCUT2D eigenvalue weighted by Crippen LogP contribution is -2.35. The summed E-state index contributed by atoms with van der Waals surface area (Å²) in [6.07, 6.45) is 2.71. The first-order chi connectivity index (χ1) is 12.3. The van der Waals surface area contributed by atoms with Gasteiger partial charge in [0.1, 0.15) is 0 Å². The molecule has 5 nitrogen and oxygen atoms in total. The summed E-state index contributed by atoms with van der Waals surface area (Å²) in [7, 11) is -3.31. The van der Waals surface area contributed by atoms with Crippen molar-refractivity contribution in [1.82, 2.24) is 5.32 Å². The van der Waals surface area contributed by atoms with Gasteiger partial charge in [-0.1, -0.05) is 23.7 Å². The Hall–Kier alpha value is -2.05. The zero-order valence-corrected chi connectivity index (χ0v) is 16.3. The molecule has 3 rings (SSSR count). The van der Waals surface area contributed by atoms with Crippen LogP contribution in [-0.4, -0.2) is 27.1 Å². The van der Waals surface area contributed by atoms with E-state index >= 15 is 0 Å². The molecule has 1 aliphatic heterocycles. The van der Waals surface area contributed by atoms with Crippen LogP contribution in [0.1, 0.15) is 40.9 Å². The molecule has 1 atom stereocenters. The Kier molecular flexibility index (Phi) is 5.25. The third-order valence-corrected chi connectivity index (χ3v) is 5.97. The van der Waals surface area contributed by atoms with E-state index in [4.69, 9.17) is 11.6 Å². The van der Waals surface area contributed by atoms with Crippen molar-refractivity contribution in [3.8, 4) is 0 Å². The number of anilines is 1. The van der Waals surface area contributed by atoms with Crippen molar-refractivity contribution in [2.75, 3.05) is 17.1 Å². The lowest BCUT2D eigenvalue weighted by atomic mass is 10.00. The highest BCUT2D eigenvalue weighted by Gasteiger charge is 2.24. The first-order valence-corrected chi connectivity index (χ1v) is 10.7. The molecule has 138 valence electrons. The second-order valence-corrected chi connectivity index (χ2v) is 8.87. The van der Waals surface area contributed by atoms with Crippen molar-refractivity contribution >= 4 is 33.2 Å². The number of rotatable bonds is 4. The Morgan fingerprint density at radius 3 is 2.54 bits per heavy atom. The van der Waals surface area contributed by atoms with Gasteiger partial charge in [-0.15, -0.1) is 0 Å². The minimum atomic E-state index is -3.31. The number of aryl methyl sites for hydroxylation is 1. The van der Waals surface area contributed by atoms with E-state index < -0.39 is 10.0 Å². The molecular weight excluding hydrogens is 372 g/mol. The Labute approximate surface area is 159 Å². The first-order valence-electron chi connectivity index (χ1n) is 8.42. The highest BCUT2D eigenvalue weighted by atomic mass is 35.5. The van der Waals surface area contributed by atoms with Gasteiger partial charge in [0.05, 0.1) is 18.0 Å². The number of benzene rings is 2. The molecule has 1 amide bonds. The number of fused-ring (bicyclic) bond motifs is 1. The number of sulfonamides is 1. The van der Waals surface area contributed by atoms with Gasteiger partial charge in [0, 0.05) is 17.1 Å². The lowest BCUT2D eigenvalue weighted by Gasteiger charge is -2.29. The largest absolute Gasteiger partial charge is 0.346 e. The Morgan fingerprint density at radius 2 is 1.88 bits per heavy atom. The monoisotopic (exact) mass is 392 g/mol. The Morgan fingerprint density at radius 1 is 1.19 bits per heavy atom. The average Bonchev–Trinajstić information content (AvgIpc) is 2.60. The van der Waals surface area contributed by atoms with Crippen LogP contribution < -0.4 is 9.62 Å². The number of carbonyl (C=O) groups excluding carboxylic acids is 1. The minimum absolute atomic E-state index is 0.164. The van der Waals surface area contributed by atoms with Gasteiger partial charge >= 0.3 is 0 Å². The summed E-state index contributed by atoms with van der Waals surface area (Å²) >= 11 is 5.90. The Bertz CT molecular complexity index is 926. The number of halogens is 1. The van der Waals surface area contributed by atoms with E-state index in [-0.39, 0.29) is 11.9 Å². The molecule has 0 aromatic heterocycles. The molecule has 2 aromatic rings. The molecule has 0 fully saturated rings. The maximum Gasteiger partial charge on any atom is 0.251 e. The molecule has 1 heterocycles. The summed E-state index contributed by atoms with van der Waals surface area (Å²) in [6, 6.07) is 12.4. The van der Waals surface area contributed by atoms with E-state index in [0.29, 0.717) is 22.8 Å². The average molecular weight is 393 g/mol. The van der Waals surface area contributed by atoms with Crippen LogP contribution in [0, 0.1) is 0 Å². The number of amides is 1. The molecule has 0 radical (unpaired) electrons. The highest BCUT2D eigenvalue weighted by Crippen LogP contribution is 2.30. The Balaban J connectivity index is 1.79. The molecule has 0 saturated heterocycles. The van der Waals surface area contributed by atoms with Crippen LogP contribution in [0.15, 0.2) is 42.5 Å². The summed E-state index contributed by atoms with van der Waals surface area (Å²) in [4.78, 5) is 12.6. The van der Waals surface area contributed by atoms with E-state index in [2.05, 4.69) is 5.32 Å². The maximum absolute atomic E-state index is 12.6. The summed E-state index contributed by atoms with van der Waals surface area (Å²) in [6.45, 7) is 2.38. The molecule has 0 unspecified atom stereocenters. The molecule has 0 saturated carbocycles. The number of nitrogens with one attached hydrogen (secondary N) is 1. The third-order valence-electron chi connectivity index (χ3n) is 4.54. The predicted octanol–water partition coefficient (Wildman–Crippen LogP) is 3.54. The van der Waals surface area contributed by atoms with E-state index in [1.165, 1.54) is 10.6 Å². The van der Waals surface area contributed by atoms with Crippen LogP contribution in [0.4, 0.5) is 5.69 Å². The minimum Gasteiger partial charge on any atom is -0.346 e. The van der Waals surface area contributed by atoms with Crippen molar-refractivity contribution in [2.24, 2.45) is 0 Å². The first kappa shape index (κ1) is 18.7. The van der Waals surface area contributed by atoms with Crippen molar-refractivity contribution in [1.29, 1.82) is 0 Å². The van der Waals surface area contributed by atoms with Gasteiger partial charge in [0.25, 0.3) is 5.91 Å². The van der Waals surface area contributed by atoms with Crippen LogP contribution in [-0.2, 0) is 16.4 Å². The van der Waals surface area contributed by atoms with Crippen molar-refractivity contribution < 1.29 is 13.2 Å². The molecule has 26 heavy (non-hydrogen) atoms. The molecule has 2 aromatic carbocycles. The summed E-state index contributed by atoms with van der Waals surface area (Å²) < 4.78 is 25.3. The normalized spacial score (nSPS) is 15.3. The smallest absolute Gasteiger partial charge is 0.251 e. The van der Waals surface area contributed by atoms with Crippen molar-refractivity contribution in [2.45, 2.75) is 25.8 Å². The zero-order valence-electron chi connectivity index (χ0n) is 14.7. The lowest BCUT2D eigenvalue weighted by molar-refractivity contribution is 0.0940. The van der Waals surface area contributed by atoms with Gasteiger partial charge in [-0.3, -0.25) is 9.10 Å². The van der Waals surface area contributed by atoms with E-state index in [9.17, 15) is 13.2 Å². The third kappa shape index (κ3) is 4.02. The van der Waals surface area contributed by atoms with E-state index in [1.807, 2.05) is 19.1 Å². The fourth-order valence-electron chi connectivity index (χ4n) is 3.16. The fourth-order valence-corrected chi connectivity index (χ4v) is 4.29. The number of hydrogen-bond acceptors (Lipinski definition) is 3. The van der Waals surface area contributed by atoms with Crippen LogP contribution in [0.25, 0.3) is 0 Å². The second kappa shape index (κ2) is 7.29. The van der Waals surface area contributed by atoms with Gasteiger partial charge in [0.2, 0.25) is 10.0 Å². The number of nitrogens with zero attached hydrogens (tertiary/aromatic N) is 1. The van der Waals surface area contributed by atoms with E-state index in [1.54, 1.807) is 30.3 Å². The fraction of sp³-hybridized carbons (Fsp3) is 0.316. The summed E-state index contributed by atoms with van der Waals surface area (Å²) in [5.74, 6) is -0.188. The van der Waals surface area contributed by atoms with Gasteiger partial charge < -0.3 is 5.32 Å². The van der Waals surface area contributed by atoms with E-state index in [0.717, 1.165) is 24.0 Å². The standard InChI is InChI=1S/C19H21ClN2O3S/c1-13(14-5-8-17(20)9-6-14)21-19(23)16-7-10-18-15(12-16)4-3-11-22(18)26(2,24)25/h5-10,12-13H,3-4,11H2,1-2H3,(H,21,23)/t13-/m1/s1. The summed E-state index contributed by atoms with van der Waals surface area (Å²) in [5.41, 5.74) is 3.04. The molecule has 7 heteroatoms. The van der Waals surface area contributed by atoms with Crippen molar-refractivity contribution in [3.05, 3.63) is 64.2 Å². The second-order valence-electron chi connectivity index (χ2n) is 6.53. The van der Waals surface area contributed by atoms with Crippen LogP contribution >= 0.6 is 11.6 Å². The molecule has 1 N–H and O–H groups in total. The van der Waals surface area contributed by atoms with Gasteiger partial charge in [-0.2, -0.15) is 0 Å². The van der Waals surface area contributed by atoms with Crippen LogP contribution in [0.2, 0.25) is 5.02 Å². The number of hydrogen-bond donors (Lipinski definition) is 1. The topological polar surface area (TPSA) is 66.5 Å². The van der Waals surface area contributed by atoms with Crippen molar-refractivity contribution in [3.63, 3.8) is 0 Å². The molecular formula is C19H21ClN2O3S. The SMILES string of the molecule is C[C@@H](NC(=O)c1ccc2c(c1)CCCN2S(C)(=O)=O)c1ccc(Cl)cc1. The van der Waals surface area contributed by atoms with Crippen LogP contribution in [0.5, 0.6) is 0 Å². The van der Waals surface area contributed by atoms with Gasteiger partial charge in [-0.25, -0.2) is 8.42 Å². The summed E-state index contributed by atoms with van der Waals surface area (Å²) in [5, 5.41) is 3.62. The van der Waals surface area contributed by atoms with Gasteiger partial charge in [-0.05, 0) is 61.2 Å².